The average Bonchev–Trinajstić information content (AvgIpc) is 2.67. The molecule has 1 atom stereocenters. The highest BCUT2D eigenvalue weighted by molar-refractivity contribution is 7.11. The molecule has 1 unspecified atom stereocenters. The van der Waals surface area contributed by atoms with E-state index in [1.807, 2.05) is 0 Å². The molecule has 1 aromatic rings. The third kappa shape index (κ3) is 4.21. The molecule has 0 spiro atoms. The number of rotatable bonds is 4. The normalized spacial score (nSPS) is 14.4. The first kappa shape index (κ1) is 18.0. The Balaban J connectivity index is 3.06. The molecule has 21 heavy (non-hydrogen) atoms. The SMILES string of the molecule is COC(=O)C(C)(CC(F)(F)F)C(=O)Nc1snc(Cl)c1Cl. The number of anilines is 1. The van der Waals surface area contributed by atoms with E-state index in [0.29, 0.717) is 11.5 Å². The summed E-state index contributed by atoms with van der Waals surface area (Å²) in [6.07, 6.45) is -6.42. The maximum atomic E-state index is 12.6. The van der Waals surface area contributed by atoms with Gasteiger partial charge < -0.3 is 10.1 Å². The summed E-state index contributed by atoms with van der Waals surface area (Å²) in [4.78, 5) is 23.6. The number of methoxy groups -OCH3 is 1. The van der Waals surface area contributed by atoms with E-state index in [1.165, 1.54) is 0 Å². The fraction of sp³-hybridized carbons (Fsp3) is 0.500. The van der Waals surface area contributed by atoms with Crippen molar-refractivity contribution in [2.75, 3.05) is 12.4 Å². The number of carbonyl (C=O) groups is 2. The highest BCUT2D eigenvalue weighted by Crippen LogP contribution is 2.38. The molecule has 0 radical (unpaired) electrons. The van der Waals surface area contributed by atoms with E-state index in [-0.39, 0.29) is 15.2 Å². The van der Waals surface area contributed by atoms with Crippen LogP contribution in [0.2, 0.25) is 10.2 Å². The number of hydrogen-bond donors (Lipinski definition) is 1. The van der Waals surface area contributed by atoms with Crippen molar-refractivity contribution in [3.8, 4) is 0 Å². The van der Waals surface area contributed by atoms with Gasteiger partial charge in [-0.25, -0.2) is 0 Å². The zero-order valence-corrected chi connectivity index (χ0v) is 13.0. The Morgan fingerprint density at radius 3 is 2.33 bits per heavy atom. The van der Waals surface area contributed by atoms with Crippen LogP contribution in [0.3, 0.4) is 0 Å². The van der Waals surface area contributed by atoms with Crippen LogP contribution in [0.4, 0.5) is 18.2 Å². The predicted octanol–water partition coefficient (Wildman–Crippen LogP) is 3.52. The minimum atomic E-state index is -4.74. The Morgan fingerprint density at radius 2 is 1.95 bits per heavy atom. The van der Waals surface area contributed by atoms with Crippen LogP contribution in [0.5, 0.6) is 0 Å². The van der Waals surface area contributed by atoms with Crippen molar-refractivity contribution in [1.82, 2.24) is 4.37 Å². The van der Waals surface area contributed by atoms with Crippen LogP contribution in [0, 0.1) is 5.41 Å². The van der Waals surface area contributed by atoms with Crippen molar-refractivity contribution < 1.29 is 27.5 Å². The summed E-state index contributed by atoms with van der Waals surface area (Å²) in [6.45, 7) is 0.832. The van der Waals surface area contributed by atoms with Crippen molar-refractivity contribution in [3.63, 3.8) is 0 Å². The summed E-state index contributed by atoms with van der Waals surface area (Å²) in [7, 11) is 0.890. The largest absolute Gasteiger partial charge is 0.468 e. The molecule has 5 nitrogen and oxygen atoms in total. The number of esters is 1. The maximum Gasteiger partial charge on any atom is 0.390 e. The molecule has 11 heteroatoms. The molecule has 0 aromatic carbocycles. The second kappa shape index (κ2) is 6.37. The molecule has 1 heterocycles. The summed E-state index contributed by atoms with van der Waals surface area (Å²) >= 11 is 12.0. The van der Waals surface area contributed by atoms with Crippen molar-refractivity contribution in [1.29, 1.82) is 0 Å². The number of halogens is 5. The number of alkyl halides is 3. The topological polar surface area (TPSA) is 68.3 Å². The molecule has 0 fully saturated rings. The molecule has 1 aromatic heterocycles. The highest BCUT2D eigenvalue weighted by Gasteiger charge is 2.51. The van der Waals surface area contributed by atoms with Gasteiger partial charge in [0.25, 0.3) is 0 Å². The van der Waals surface area contributed by atoms with Gasteiger partial charge in [0.1, 0.15) is 10.0 Å². The third-order valence-electron chi connectivity index (χ3n) is 2.52. The summed E-state index contributed by atoms with van der Waals surface area (Å²) in [5, 5.41) is 1.84. The fourth-order valence-electron chi connectivity index (χ4n) is 1.45. The van der Waals surface area contributed by atoms with Crippen molar-refractivity contribution in [2.45, 2.75) is 19.5 Å². The van der Waals surface area contributed by atoms with Gasteiger partial charge in [0.2, 0.25) is 5.91 Å². The van der Waals surface area contributed by atoms with Gasteiger partial charge in [-0.1, -0.05) is 23.2 Å². The van der Waals surface area contributed by atoms with Crippen LogP contribution in [0.1, 0.15) is 13.3 Å². The van der Waals surface area contributed by atoms with Crippen molar-refractivity contribution >= 4 is 51.6 Å². The lowest BCUT2D eigenvalue weighted by molar-refractivity contribution is -0.181. The van der Waals surface area contributed by atoms with E-state index in [2.05, 4.69) is 14.4 Å². The van der Waals surface area contributed by atoms with Crippen molar-refractivity contribution in [2.24, 2.45) is 5.41 Å². The van der Waals surface area contributed by atoms with E-state index in [1.54, 1.807) is 0 Å². The van der Waals surface area contributed by atoms with E-state index in [9.17, 15) is 22.8 Å². The first-order valence-corrected chi connectivity index (χ1v) is 6.81. The van der Waals surface area contributed by atoms with Crippen LogP contribution in [-0.4, -0.2) is 29.5 Å². The van der Waals surface area contributed by atoms with Crippen LogP contribution >= 0.6 is 34.7 Å². The van der Waals surface area contributed by atoms with Crippen LogP contribution in [-0.2, 0) is 14.3 Å². The van der Waals surface area contributed by atoms with Crippen LogP contribution in [0.25, 0.3) is 0 Å². The zero-order valence-electron chi connectivity index (χ0n) is 10.7. The summed E-state index contributed by atoms with van der Waals surface area (Å²) in [5.74, 6) is -2.53. The van der Waals surface area contributed by atoms with Crippen molar-refractivity contribution in [3.05, 3.63) is 10.2 Å². The lowest BCUT2D eigenvalue weighted by Gasteiger charge is -2.26. The van der Waals surface area contributed by atoms with Gasteiger partial charge in [-0.2, -0.15) is 17.5 Å². The maximum absolute atomic E-state index is 12.6. The second-order valence-electron chi connectivity index (χ2n) is 4.19. The monoisotopic (exact) mass is 364 g/mol. The summed E-state index contributed by atoms with van der Waals surface area (Å²) in [6, 6.07) is 0. The number of ether oxygens (including phenoxy) is 1. The van der Waals surface area contributed by atoms with Gasteiger partial charge in [0, 0.05) is 0 Å². The number of carbonyl (C=O) groups excluding carboxylic acids is 2. The van der Waals surface area contributed by atoms with Gasteiger partial charge >= 0.3 is 12.1 Å². The van der Waals surface area contributed by atoms with Gasteiger partial charge in [-0.3, -0.25) is 9.59 Å². The van der Waals surface area contributed by atoms with E-state index < -0.39 is 29.9 Å². The molecule has 0 saturated heterocycles. The Bertz CT molecular complexity index is 564. The number of aromatic nitrogens is 1. The molecule has 1 rings (SSSR count). The Kier molecular flexibility index (Phi) is 5.46. The summed E-state index contributed by atoms with van der Waals surface area (Å²) < 4.78 is 45.7. The zero-order chi connectivity index (χ0) is 16.4. The number of nitrogens with zero attached hydrogens (tertiary/aromatic N) is 1. The number of amides is 1. The molecule has 0 aliphatic rings. The first-order chi connectivity index (χ1) is 9.51. The molecule has 0 aliphatic heterocycles. The lowest BCUT2D eigenvalue weighted by Crippen LogP contribution is -2.44. The van der Waals surface area contributed by atoms with E-state index in [0.717, 1.165) is 14.0 Å². The molecule has 0 bridgehead atoms. The fourth-order valence-corrected chi connectivity index (χ4v) is 2.52. The van der Waals surface area contributed by atoms with Gasteiger partial charge in [0.05, 0.1) is 13.5 Å². The molecular weight excluding hydrogens is 356 g/mol. The lowest BCUT2D eigenvalue weighted by atomic mass is 9.85. The quantitative estimate of drug-likeness (QED) is 0.655. The average molecular weight is 365 g/mol. The number of hydrogen-bond acceptors (Lipinski definition) is 5. The standard InChI is InChI=1S/C10H9Cl2F3N2O3S/c1-9(8(19)20-2,3-10(13,14)15)7(18)16-6-4(11)5(12)17-21-6/h3H2,1-2H3,(H,16,18). The first-order valence-electron chi connectivity index (χ1n) is 5.28. The Morgan fingerprint density at radius 1 is 1.38 bits per heavy atom. The van der Waals surface area contributed by atoms with Gasteiger partial charge in [-0.05, 0) is 18.5 Å². The number of nitrogens with one attached hydrogen (secondary N) is 1. The van der Waals surface area contributed by atoms with Gasteiger partial charge in [-0.15, -0.1) is 0 Å². The Labute approximate surface area is 131 Å². The summed E-state index contributed by atoms with van der Waals surface area (Å²) in [5.41, 5.74) is -2.45. The minimum Gasteiger partial charge on any atom is -0.468 e. The minimum absolute atomic E-state index is 0.0519. The Hall–Kier alpha value is -1.06. The van der Waals surface area contributed by atoms with Gasteiger partial charge in [0.15, 0.2) is 10.6 Å². The smallest absolute Gasteiger partial charge is 0.390 e. The van der Waals surface area contributed by atoms with Crippen LogP contribution < -0.4 is 5.32 Å². The molecule has 118 valence electrons. The van der Waals surface area contributed by atoms with E-state index >= 15 is 0 Å². The molecule has 1 N–H and O–H groups in total. The predicted molar refractivity (Wildman–Crippen MR) is 71.6 cm³/mol. The molecule has 1 amide bonds. The molecule has 0 aliphatic carbocycles. The second-order valence-corrected chi connectivity index (χ2v) is 5.70. The van der Waals surface area contributed by atoms with E-state index in [4.69, 9.17) is 23.2 Å². The third-order valence-corrected chi connectivity index (χ3v) is 4.23. The highest BCUT2D eigenvalue weighted by atomic mass is 35.5. The molecule has 0 saturated carbocycles. The molecular formula is C10H9Cl2F3N2O3S. The van der Waals surface area contributed by atoms with Crippen LogP contribution in [0.15, 0.2) is 0 Å².